The zero-order valence-electron chi connectivity index (χ0n) is 20.3. The lowest BCUT2D eigenvalue weighted by Gasteiger charge is -2.32. The maximum Gasteiger partial charge on any atom is 0.264 e. The smallest absolute Gasteiger partial charge is 0.264 e. The van der Waals surface area contributed by atoms with E-state index in [4.69, 9.17) is 9.72 Å². The van der Waals surface area contributed by atoms with Crippen LogP contribution in [-0.2, 0) is 27.5 Å². The molecule has 37 heavy (non-hydrogen) atoms. The first-order valence-corrected chi connectivity index (χ1v) is 13.9. The van der Waals surface area contributed by atoms with E-state index in [1.807, 2.05) is 5.38 Å². The molecule has 0 radical (unpaired) electrons. The lowest BCUT2D eigenvalue weighted by atomic mass is 9.81. The van der Waals surface area contributed by atoms with Gasteiger partial charge >= 0.3 is 0 Å². The van der Waals surface area contributed by atoms with Gasteiger partial charge in [0, 0.05) is 17.5 Å². The first-order valence-electron chi connectivity index (χ1n) is 13.1. The molecule has 9 nitrogen and oxygen atoms in total. The van der Waals surface area contributed by atoms with E-state index < -0.39 is 29.7 Å². The van der Waals surface area contributed by atoms with Gasteiger partial charge in [-0.1, -0.05) is 6.07 Å². The number of aromatic nitrogens is 1. The number of ether oxygens (including phenoxy) is 1. The van der Waals surface area contributed by atoms with E-state index in [-0.39, 0.29) is 29.6 Å². The Morgan fingerprint density at radius 1 is 1.11 bits per heavy atom. The number of nitrogens with zero attached hydrogens (tertiary/aromatic N) is 2. The molecule has 10 heteroatoms. The number of hydrogen-bond donors (Lipinski definition) is 2. The van der Waals surface area contributed by atoms with Crippen LogP contribution in [0.5, 0.6) is 0 Å². The zero-order valence-corrected chi connectivity index (χ0v) is 21.1. The Bertz CT molecular complexity index is 1320. The Morgan fingerprint density at radius 2 is 1.92 bits per heavy atom. The highest BCUT2D eigenvalue weighted by molar-refractivity contribution is 7.09. The van der Waals surface area contributed by atoms with Crippen molar-refractivity contribution in [3.8, 4) is 0 Å². The molecule has 1 aromatic heterocycles. The van der Waals surface area contributed by atoms with E-state index >= 15 is 0 Å². The second-order valence-electron chi connectivity index (χ2n) is 11.2. The van der Waals surface area contributed by atoms with Gasteiger partial charge in [-0.05, 0) is 68.4 Å². The van der Waals surface area contributed by atoms with Crippen molar-refractivity contribution in [2.75, 3.05) is 5.32 Å². The number of nitrogens with one attached hydrogen (secondary N) is 2. The van der Waals surface area contributed by atoms with Crippen LogP contribution in [0, 0.1) is 17.8 Å². The fourth-order valence-electron chi connectivity index (χ4n) is 7.51. The molecule has 192 valence electrons. The number of hydrogen-bond acceptors (Lipinski definition) is 8. The third-order valence-electron chi connectivity index (χ3n) is 8.93. The number of thiazole rings is 1. The molecule has 3 heterocycles. The van der Waals surface area contributed by atoms with Crippen LogP contribution in [0.25, 0.3) is 0 Å². The molecule has 8 rings (SSSR count). The molecule has 2 aromatic rings. The normalized spacial score (nSPS) is 31.8. The number of amides is 4. The van der Waals surface area contributed by atoms with E-state index in [9.17, 15) is 19.2 Å². The highest BCUT2D eigenvalue weighted by Crippen LogP contribution is 2.62. The molecule has 1 saturated heterocycles. The predicted molar refractivity (Wildman–Crippen MR) is 134 cm³/mol. The van der Waals surface area contributed by atoms with Gasteiger partial charge in [0.1, 0.15) is 11.0 Å². The molecule has 5 fully saturated rings. The molecule has 3 atom stereocenters. The fourth-order valence-corrected chi connectivity index (χ4v) is 8.21. The van der Waals surface area contributed by atoms with Gasteiger partial charge in [0.25, 0.3) is 11.8 Å². The van der Waals surface area contributed by atoms with Crippen molar-refractivity contribution < 1.29 is 23.9 Å². The van der Waals surface area contributed by atoms with Crippen molar-refractivity contribution in [3.63, 3.8) is 0 Å². The van der Waals surface area contributed by atoms with Gasteiger partial charge in [0.05, 0.1) is 35.6 Å². The Labute approximate surface area is 218 Å². The summed E-state index contributed by atoms with van der Waals surface area (Å²) in [6.45, 7) is 0.931. The highest BCUT2D eigenvalue weighted by atomic mass is 32.1. The SMILES string of the molecule is O=C1CCC(N2C(=O)c3cccc(NCc4csc(COC56CC7CC(CC5C7)C6)n4)c3C2=O)C(=O)N1. The molecule has 2 aliphatic heterocycles. The minimum atomic E-state index is -0.983. The van der Waals surface area contributed by atoms with E-state index in [0.717, 1.165) is 33.4 Å². The molecular formula is C27H28N4O5S. The fraction of sp³-hybridized carbons (Fsp3) is 0.519. The Balaban J connectivity index is 1.02. The van der Waals surface area contributed by atoms with Gasteiger partial charge in [0.15, 0.2) is 0 Å². The number of benzene rings is 1. The number of anilines is 1. The molecule has 2 N–H and O–H groups in total. The lowest BCUT2D eigenvalue weighted by molar-refractivity contribution is -0.136. The van der Waals surface area contributed by atoms with E-state index in [0.29, 0.717) is 18.8 Å². The van der Waals surface area contributed by atoms with Crippen molar-refractivity contribution >= 4 is 40.7 Å². The number of fused-ring (bicyclic) bond motifs is 1. The molecule has 6 aliphatic rings. The van der Waals surface area contributed by atoms with Gasteiger partial charge in [-0.25, -0.2) is 4.98 Å². The molecule has 4 amide bonds. The first kappa shape index (κ1) is 23.0. The molecular weight excluding hydrogens is 492 g/mol. The maximum atomic E-state index is 13.3. The maximum absolute atomic E-state index is 13.3. The number of carbonyl (C=O) groups is 4. The standard InChI is InChI=1S/C27H28N4O5S/c32-21-5-4-20(24(33)30-21)31-25(34)18-2-1-3-19(23(18)26(31)35)28-11-17-13-37-22(29-17)12-36-27-9-14-6-15(10-27)8-16(27)7-14/h1-3,13-16,20,28H,4-12H2,(H,30,32,33). The Kier molecular flexibility index (Phi) is 5.27. The Morgan fingerprint density at radius 3 is 2.70 bits per heavy atom. The average Bonchev–Trinajstić information content (AvgIpc) is 3.57. The summed E-state index contributed by atoms with van der Waals surface area (Å²) in [5, 5.41) is 8.43. The lowest BCUT2D eigenvalue weighted by Crippen LogP contribution is -2.54. The summed E-state index contributed by atoms with van der Waals surface area (Å²) in [7, 11) is 0. The van der Waals surface area contributed by atoms with Crippen LogP contribution in [0.3, 0.4) is 0 Å². The topological polar surface area (TPSA) is 118 Å². The van der Waals surface area contributed by atoms with Crippen molar-refractivity contribution in [1.82, 2.24) is 15.2 Å². The number of imide groups is 2. The van der Waals surface area contributed by atoms with Gasteiger partial charge in [-0.2, -0.15) is 0 Å². The minimum absolute atomic E-state index is 0.0730. The predicted octanol–water partition coefficient (Wildman–Crippen LogP) is 3.25. The van der Waals surface area contributed by atoms with Gasteiger partial charge < -0.3 is 10.1 Å². The molecule has 1 aromatic carbocycles. The van der Waals surface area contributed by atoms with Gasteiger partial charge in [0.2, 0.25) is 11.8 Å². The third kappa shape index (κ3) is 3.72. The summed E-state index contributed by atoms with van der Waals surface area (Å²) in [5.74, 6) is 0.373. The number of piperidine rings is 1. The molecule has 4 bridgehead atoms. The van der Waals surface area contributed by atoms with Crippen molar-refractivity contribution in [2.45, 2.75) is 69.7 Å². The second-order valence-corrected chi connectivity index (χ2v) is 12.1. The molecule has 4 aliphatic carbocycles. The number of rotatable bonds is 7. The van der Waals surface area contributed by atoms with Crippen LogP contribution in [0.1, 0.15) is 76.4 Å². The van der Waals surface area contributed by atoms with E-state index in [1.165, 1.54) is 32.1 Å². The summed E-state index contributed by atoms with van der Waals surface area (Å²) >= 11 is 1.58. The third-order valence-corrected chi connectivity index (χ3v) is 9.80. The van der Waals surface area contributed by atoms with Crippen molar-refractivity contribution in [3.05, 3.63) is 45.4 Å². The molecule has 3 unspecified atom stereocenters. The first-order chi connectivity index (χ1) is 17.9. The van der Waals surface area contributed by atoms with Crippen LogP contribution < -0.4 is 10.6 Å². The van der Waals surface area contributed by atoms with Crippen LogP contribution in [0.15, 0.2) is 23.6 Å². The summed E-state index contributed by atoms with van der Waals surface area (Å²) in [4.78, 5) is 55.9. The summed E-state index contributed by atoms with van der Waals surface area (Å²) < 4.78 is 6.53. The van der Waals surface area contributed by atoms with Gasteiger partial charge in [-0.15, -0.1) is 11.3 Å². The largest absolute Gasteiger partial charge is 0.379 e. The zero-order chi connectivity index (χ0) is 25.3. The van der Waals surface area contributed by atoms with Crippen molar-refractivity contribution in [1.29, 1.82) is 0 Å². The van der Waals surface area contributed by atoms with Crippen molar-refractivity contribution in [2.24, 2.45) is 17.8 Å². The quantitative estimate of drug-likeness (QED) is 0.538. The van der Waals surface area contributed by atoms with Crippen LogP contribution in [0.2, 0.25) is 0 Å². The van der Waals surface area contributed by atoms with Crippen LogP contribution >= 0.6 is 11.3 Å². The minimum Gasteiger partial charge on any atom is -0.379 e. The molecule has 4 saturated carbocycles. The highest BCUT2D eigenvalue weighted by Gasteiger charge is 2.58. The summed E-state index contributed by atoms with van der Waals surface area (Å²) in [5.41, 5.74) is 1.95. The Hall–Kier alpha value is -3.11. The van der Waals surface area contributed by atoms with Crippen LogP contribution in [-0.4, -0.2) is 45.2 Å². The summed E-state index contributed by atoms with van der Waals surface area (Å²) in [6.07, 6.45) is 6.67. The monoisotopic (exact) mass is 520 g/mol. The van der Waals surface area contributed by atoms with Gasteiger partial charge in [-0.3, -0.25) is 29.4 Å². The average molecular weight is 521 g/mol. The van der Waals surface area contributed by atoms with Crippen LogP contribution in [0.4, 0.5) is 5.69 Å². The second kappa shape index (κ2) is 8.46. The molecule has 0 spiro atoms. The van der Waals surface area contributed by atoms with E-state index in [2.05, 4.69) is 10.6 Å². The van der Waals surface area contributed by atoms with E-state index in [1.54, 1.807) is 29.5 Å². The number of carbonyl (C=O) groups excluding carboxylic acids is 4. The summed E-state index contributed by atoms with van der Waals surface area (Å²) in [6, 6.07) is 4.07.